The molecule has 0 radical (unpaired) electrons. The van der Waals surface area contributed by atoms with Crippen molar-refractivity contribution >= 4 is 17.5 Å². The highest BCUT2D eigenvalue weighted by atomic mass is 19.1. The number of piperazine rings is 1. The lowest BCUT2D eigenvalue weighted by Gasteiger charge is -2.23. The maximum absolute atomic E-state index is 13.1. The number of hydrogen-bond acceptors (Lipinski definition) is 3. The molecule has 0 saturated carbocycles. The molecule has 0 spiro atoms. The third-order valence-electron chi connectivity index (χ3n) is 2.75. The van der Waals surface area contributed by atoms with Crippen LogP contribution >= 0.6 is 0 Å². The Hall–Kier alpha value is -1.95. The third kappa shape index (κ3) is 2.84. The summed E-state index contributed by atoms with van der Waals surface area (Å²) in [4.78, 5) is 22.8. The fraction of sp³-hybridized carbons (Fsp3) is 0.333. The number of rotatable bonds is 2. The predicted molar refractivity (Wildman–Crippen MR) is 64.6 cm³/mol. The molecule has 2 amide bonds. The van der Waals surface area contributed by atoms with E-state index in [-0.39, 0.29) is 30.7 Å². The van der Waals surface area contributed by atoms with Crippen LogP contribution in [0.25, 0.3) is 0 Å². The van der Waals surface area contributed by atoms with E-state index < -0.39 is 6.04 Å². The molecule has 1 heterocycles. The highest BCUT2D eigenvalue weighted by Gasteiger charge is 2.23. The molecular weight excluding hydrogens is 237 g/mol. The molecule has 0 aromatic heterocycles. The van der Waals surface area contributed by atoms with Crippen LogP contribution in [0.4, 0.5) is 10.1 Å². The lowest BCUT2D eigenvalue weighted by molar-refractivity contribution is -0.124. The summed E-state index contributed by atoms with van der Waals surface area (Å²) in [6.45, 7) is 2.01. The molecule has 1 aromatic carbocycles. The lowest BCUT2D eigenvalue weighted by atomic mass is 10.2. The minimum absolute atomic E-state index is 0.126. The van der Waals surface area contributed by atoms with Gasteiger partial charge in [0.2, 0.25) is 11.8 Å². The second-order valence-electron chi connectivity index (χ2n) is 4.19. The minimum Gasteiger partial charge on any atom is -0.353 e. The van der Waals surface area contributed by atoms with E-state index in [4.69, 9.17) is 0 Å². The van der Waals surface area contributed by atoms with E-state index in [1.54, 1.807) is 13.0 Å². The molecular formula is C12H14FN3O2. The normalized spacial score (nSPS) is 19.2. The monoisotopic (exact) mass is 251 g/mol. The van der Waals surface area contributed by atoms with Gasteiger partial charge in [0.15, 0.2) is 0 Å². The summed E-state index contributed by atoms with van der Waals surface area (Å²) in [6.07, 6.45) is 0. The molecule has 2 rings (SSSR count). The van der Waals surface area contributed by atoms with Crippen LogP contribution in [0.1, 0.15) is 5.56 Å². The summed E-state index contributed by atoms with van der Waals surface area (Å²) in [5.41, 5.74) is 1.01. The molecule has 1 fully saturated rings. The summed E-state index contributed by atoms with van der Waals surface area (Å²) in [6, 6.07) is 3.91. The number of aryl methyl sites for hydroxylation is 1. The number of amides is 2. The number of carbonyl (C=O) groups excluding carboxylic acids is 2. The van der Waals surface area contributed by atoms with E-state index in [0.717, 1.165) is 0 Å². The molecule has 5 nitrogen and oxygen atoms in total. The van der Waals surface area contributed by atoms with Crippen LogP contribution in [0.5, 0.6) is 0 Å². The number of carbonyl (C=O) groups is 2. The SMILES string of the molecule is Cc1cc(NC(=O)C2CNC(=O)CN2)ccc1F. The molecule has 0 aliphatic carbocycles. The zero-order chi connectivity index (χ0) is 13.1. The maximum atomic E-state index is 13.1. The average molecular weight is 251 g/mol. The molecule has 1 aromatic rings. The van der Waals surface area contributed by atoms with Gasteiger partial charge in [0.25, 0.3) is 0 Å². The lowest BCUT2D eigenvalue weighted by Crippen LogP contribution is -2.56. The van der Waals surface area contributed by atoms with Crippen molar-refractivity contribution in [1.29, 1.82) is 0 Å². The predicted octanol–water partition coefficient (Wildman–Crippen LogP) is 0.161. The molecule has 1 saturated heterocycles. The minimum atomic E-state index is -0.465. The van der Waals surface area contributed by atoms with E-state index in [2.05, 4.69) is 16.0 Å². The zero-order valence-electron chi connectivity index (χ0n) is 9.92. The van der Waals surface area contributed by atoms with Crippen LogP contribution in [-0.4, -0.2) is 30.9 Å². The maximum Gasteiger partial charge on any atom is 0.243 e. The largest absolute Gasteiger partial charge is 0.353 e. The fourth-order valence-corrected chi connectivity index (χ4v) is 1.70. The number of halogens is 1. The van der Waals surface area contributed by atoms with Crippen molar-refractivity contribution in [3.8, 4) is 0 Å². The summed E-state index contributed by atoms with van der Waals surface area (Å²) < 4.78 is 13.1. The van der Waals surface area contributed by atoms with Gasteiger partial charge in [0, 0.05) is 12.2 Å². The van der Waals surface area contributed by atoms with Gasteiger partial charge in [0.05, 0.1) is 6.54 Å². The van der Waals surface area contributed by atoms with E-state index in [9.17, 15) is 14.0 Å². The van der Waals surface area contributed by atoms with Crippen molar-refractivity contribution in [3.63, 3.8) is 0 Å². The third-order valence-corrected chi connectivity index (χ3v) is 2.75. The van der Waals surface area contributed by atoms with Gasteiger partial charge < -0.3 is 10.6 Å². The Morgan fingerprint density at radius 3 is 2.89 bits per heavy atom. The van der Waals surface area contributed by atoms with Gasteiger partial charge in [-0.05, 0) is 30.7 Å². The van der Waals surface area contributed by atoms with Crippen LogP contribution in [-0.2, 0) is 9.59 Å². The molecule has 3 N–H and O–H groups in total. The van der Waals surface area contributed by atoms with Crippen LogP contribution < -0.4 is 16.0 Å². The number of hydrogen-bond donors (Lipinski definition) is 3. The molecule has 6 heteroatoms. The second-order valence-corrected chi connectivity index (χ2v) is 4.19. The Balaban J connectivity index is 1.98. The van der Waals surface area contributed by atoms with Crippen molar-refractivity contribution < 1.29 is 14.0 Å². The zero-order valence-corrected chi connectivity index (χ0v) is 9.92. The molecule has 1 aliphatic rings. The van der Waals surface area contributed by atoms with Gasteiger partial charge in [-0.2, -0.15) is 0 Å². The number of anilines is 1. The van der Waals surface area contributed by atoms with Crippen molar-refractivity contribution in [2.45, 2.75) is 13.0 Å². The Morgan fingerprint density at radius 2 is 2.28 bits per heavy atom. The van der Waals surface area contributed by atoms with Gasteiger partial charge in [-0.15, -0.1) is 0 Å². The highest BCUT2D eigenvalue weighted by molar-refractivity contribution is 5.96. The van der Waals surface area contributed by atoms with Gasteiger partial charge in [-0.3, -0.25) is 14.9 Å². The highest BCUT2D eigenvalue weighted by Crippen LogP contribution is 2.13. The van der Waals surface area contributed by atoms with Crippen molar-refractivity contribution in [3.05, 3.63) is 29.6 Å². The van der Waals surface area contributed by atoms with Crippen molar-refractivity contribution in [2.24, 2.45) is 0 Å². The molecule has 96 valence electrons. The standard InChI is InChI=1S/C12H14FN3O2/c1-7-4-8(2-3-9(7)13)16-12(18)10-5-15-11(17)6-14-10/h2-4,10,14H,5-6H2,1H3,(H,15,17)(H,16,18). The topological polar surface area (TPSA) is 70.2 Å². The van der Waals surface area contributed by atoms with Crippen LogP contribution in [0.15, 0.2) is 18.2 Å². The van der Waals surface area contributed by atoms with Crippen LogP contribution in [0.2, 0.25) is 0 Å². The summed E-state index contributed by atoms with van der Waals surface area (Å²) >= 11 is 0. The summed E-state index contributed by atoms with van der Waals surface area (Å²) in [5, 5.41) is 8.09. The van der Waals surface area contributed by atoms with Crippen LogP contribution in [0.3, 0.4) is 0 Å². The Morgan fingerprint density at radius 1 is 1.50 bits per heavy atom. The van der Waals surface area contributed by atoms with Gasteiger partial charge in [0.1, 0.15) is 11.9 Å². The molecule has 0 bridgehead atoms. The average Bonchev–Trinajstić information content (AvgIpc) is 2.34. The Kier molecular flexibility index (Phi) is 3.57. The molecule has 18 heavy (non-hydrogen) atoms. The first kappa shape index (κ1) is 12.5. The second kappa shape index (κ2) is 5.14. The molecule has 1 unspecified atom stereocenters. The summed E-state index contributed by atoms with van der Waals surface area (Å²) in [5.74, 6) is -0.686. The number of benzene rings is 1. The van der Waals surface area contributed by atoms with Crippen molar-refractivity contribution in [1.82, 2.24) is 10.6 Å². The van der Waals surface area contributed by atoms with E-state index >= 15 is 0 Å². The first-order valence-corrected chi connectivity index (χ1v) is 5.63. The molecule has 1 atom stereocenters. The van der Waals surface area contributed by atoms with E-state index in [1.165, 1.54) is 12.1 Å². The Labute approximate surface area is 104 Å². The Bertz CT molecular complexity index is 480. The van der Waals surface area contributed by atoms with Gasteiger partial charge in [-0.1, -0.05) is 0 Å². The summed E-state index contributed by atoms with van der Waals surface area (Å²) in [7, 11) is 0. The van der Waals surface area contributed by atoms with Gasteiger partial charge in [-0.25, -0.2) is 4.39 Å². The van der Waals surface area contributed by atoms with Crippen molar-refractivity contribution in [2.75, 3.05) is 18.4 Å². The fourth-order valence-electron chi connectivity index (χ4n) is 1.70. The first-order chi connectivity index (χ1) is 8.56. The van der Waals surface area contributed by atoms with E-state index in [1.807, 2.05) is 0 Å². The van der Waals surface area contributed by atoms with Crippen LogP contribution in [0, 0.1) is 12.7 Å². The smallest absolute Gasteiger partial charge is 0.243 e. The number of nitrogens with one attached hydrogen (secondary N) is 3. The molecule has 1 aliphatic heterocycles. The quantitative estimate of drug-likeness (QED) is 0.701. The van der Waals surface area contributed by atoms with Gasteiger partial charge >= 0.3 is 0 Å². The first-order valence-electron chi connectivity index (χ1n) is 5.63. The van der Waals surface area contributed by atoms with E-state index in [0.29, 0.717) is 11.3 Å².